The number of H-pyrrole nitrogens is 1. The molecule has 2 aromatic carbocycles. The van der Waals surface area contributed by atoms with Gasteiger partial charge in [-0.25, -0.2) is 0 Å². The summed E-state index contributed by atoms with van der Waals surface area (Å²) < 4.78 is 0. The number of hydrogen-bond donors (Lipinski definition) is 2. The van der Waals surface area contributed by atoms with Crippen LogP contribution in [0.5, 0.6) is 0 Å². The number of aromatic amines is 1. The Morgan fingerprint density at radius 3 is 2.71 bits per heavy atom. The number of benzene rings is 2. The Balaban J connectivity index is 1.92. The predicted molar refractivity (Wildman–Crippen MR) is 81.9 cm³/mol. The van der Waals surface area contributed by atoms with Crippen LogP contribution < -0.4 is 5.06 Å². The lowest BCUT2D eigenvalue weighted by Crippen LogP contribution is -2.21. The minimum absolute atomic E-state index is 0.401. The first-order valence-electron chi connectivity index (χ1n) is 6.66. The molecule has 4 rings (SSSR count). The molecule has 21 heavy (non-hydrogen) atoms. The highest BCUT2D eigenvalue weighted by molar-refractivity contribution is 6.35. The summed E-state index contributed by atoms with van der Waals surface area (Å²) in [5, 5.41) is 11.6. The number of amides is 1. The molecule has 0 saturated carbocycles. The van der Waals surface area contributed by atoms with Gasteiger partial charge in [0.2, 0.25) is 0 Å². The molecule has 1 aromatic heterocycles. The third-order valence-corrected chi connectivity index (χ3v) is 3.77. The molecule has 2 heterocycles. The van der Waals surface area contributed by atoms with Crippen molar-refractivity contribution in [1.29, 1.82) is 0 Å². The lowest BCUT2D eigenvalue weighted by Gasteiger charge is -2.05. The Hall–Kier alpha value is -2.85. The molecular weight excluding hydrogens is 264 g/mol. The monoisotopic (exact) mass is 276 g/mol. The number of hydrogen-bond acceptors (Lipinski definition) is 2. The number of para-hydroxylation sites is 2. The van der Waals surface area contributed by atoms with Gasteiger partial charge >= 0.3 is 0 Å². The number of nitrogens with one attached hydrogen (secondary N) is 1. The average Bonchev–Trinajstić information content (AvgIpc) is 3.04. The van der Waals surface area contributed by atoms with Crippen molar-refractivity contribution in [2.24, 2.45) is 0 Å². The van der Waals surface area contributed by atoms with Gasteiger partial charge in [-0.15, -0.1) is 0 Å². The average molecular weight is 276 g/mol. The second-order valence-corrected chi connectivity index (χ2v) is 4.98. The topological polar surface area (TPSA) is 56.3 Å². The zero-order valence-electron chi connectivity index (χ0n) is 11.1. The predicted octanol–water partition coefficient (Wildman–Crippen LogP) is 3.44. The van der Waals surface area contributed by atoms with Crippen molar-refractivity contribution >= 4 is 34.1 Å². The van der Waals surface area contributed by atoms with Crippen LogP contribution in [0, 0.1) is 0 Å². The highest BCUT2D eigenvalue weighted by Gasteiger charge is 2.31. The van der Waals surface area contributed by atoms with E-state index >= 15 is 0 Å². The smallest absolute Gasteiger partial charge is 0.282 e. The fourth-order valence-electron chi connectivity index (χ4n) is 2.73. The minimum atomic E-state index is -0.401. The molecule has 1 aliphatic heterocycles. The van der Waals surface area contributed by atoms with Crippen molar-refractivity contribution in [3.63, 3.8) is 0 Å². The number of fused-ring (bicyclic) bond motifs is 2. The first kappa shape index (κ1) is 11.9. The molecule has 0 atom stereocenters. The van der Waals surface area contributed by atoms with E-state index in [9.17, 15) is 10.0 Å². The highest BCUT2D eigenvalue weighted by atomic mass is 16.5. The van der Waals surface area contributed by atoms with E-state index in [1.165, 1.54) is 0 Å². The third-order valence-electron chi connectivity index (χ3n) is 3.77. The Morgan fingerprint density at radius 1 is 1.05 bits per heavy atom. The molecule has 2 N–H and O–H groups in total. The fourth-order valence-corrected chi connectivity index (χ4v) is 2.73. The summed E-state index contributed by atoms with van der Waals surface area (Å²) in [5.41, 5.74) is 3.71. The summed E-state index contributed by atoms with van der Waals surface area (Å²) in [6, 6.07) is 15.1. The first-order chi connectivity index (χ1) is 10.3. The van der Waals surface area contributed by atoms with Crippen molar-refractivity contribution in [3.8, 4) is 0 Å². The Kier molecular flexibility index (Phi) is 2.46. The van der Waals surface area contributed by atoms with Crippen LogP contribution in [0.1, 0.15) is 11.1 Å². The van der Waals surface area contributed by atoms with Crippen LogP contribution in [0.15, 0.2) is 54.7 Å². The second-order valence-electron chi connectivity index (χ2n) is 4.98. The van der Waals surface area contributed by atoms with Gasteiger partial charge in [-0.3, -0.25) is 10.0 Å². The molecule has 3 aromatic rings. The number of carbonyl (C=O) groups excluding carboxylic acids is 1. The van der Waals surface area contributed by atoms with Gasteiger partial charge in [0, 0.05) is 28.2 Å². The molecule has 0 fully saturated rings. The molecule has 0 aliphatic carbocycles. The Morgan fingerprint density at radius 2 is 1.81 bits per heavy atom. The lowest BCUT2D eigenvalue weighted by atomic mass is 10.0. The summed E-state index contributed by atoms with van der Waals surface area (Å²) in [5.74, 6) is -0.401. The number of rotatable bonds is 1. The van der Waals surface area contributed by atoms with Crippen molar-refractivity contribution in [2.45, 2.75) is 0 Å². The van der Waals surface area contributed by atoms with Crippen molar-refractivity contribution in [2.75, 3.05) is 5.06 Å². The van der Waals surface area contributed by atoms with Crippen LogP contribution >= 0.6 is 0 Å². The summed E-state index contributed by atoms with van der Waals surface area (Å²) in [6.45, 7) is 0. The zero-order valence-corrected chi connectivity index (χ0v) is 11.1. The molecule has 1 amide bonds. The fraction of sp³-hybridized carbons (Fsp3) is 0. The van der Waals surface area contributed by atoms with E-state index in [-0.39, 0.29) is 0 Å². The van der Waals surface area contributed by atoms with Crippen LogP contribution in [0.2, 0.25) is 0 Å². The van der Waals surface area contributed by atoms with E-state index in [0.29, 0.717) is 16.3 Å². The number of nitrogens with zero attached hydrogens (tertiary/aromatic N) is 1. The number of anilines is 1. The molecule has 0 bridgehead atoms. The van der Waals surface area contributed by atoms with E-state index in [1.807, 2.05) is 48.7 Å². The molecule has 0 unspecified atom stereocenters. The van der Waals surface area contributed by atoms with Gasteiger partial charge in [0.15, 0.2) is 0 Å². The Bertz CT molecular complexity index is 892. The zero-order chi connectivity index (χ0) is 14.4. The second kappa shape index (κ2) is 4.33. The maximum atomic E-state index is 12.2. The van der Waals surface area contributed by atoms with E-state index in [0.717, 1.165) is 22.0 Å². The van der Waals surface area contributed by atoms with Crippen LogP contribution in [-0.4, -0.2) is 16.1 Å². The van der Waals surface area contributed by atoms with Gasteiger partial charge in [-0.2, -0.15) is 5.06 Å². The number of carbonyl (C=O) groups is 1. The van der Waals surface area contributed by atoms with Crippen molar-refractivity contribution in [3.05, 3.63) is 65.9 Å². The van der Waals surface area contributed by atoms with E-state index in [1.54, 1.807) is 12.1 Å². The van der Waals surface area contributed by atoms with Crippen LogP contribution in [0.25, 0.3) is 22.6 Å². The van der Waals surface area contributed by atoms with Crippen LogP contribution in [0.4, 0.5) is 5.69 Å². The summed E-state index contributed by atoms with van der Waals surface area (Å²) >= 11 is 0. The normalized spacial score (nSPS) is 16.0. The standard InChI is InChI=1S/C17H12N2O2/c20-17-14(13-6-2-4-8-16(13)19(17)21)9-11-10-18-15-7-3-1-5-12(11)15/h1-10,18,21H. The molecule has 4 nitrogen and oxygen atoms in total. The molecule has 4 heteroatoms. The third kappa shape index (κ3) is 1.70. The summed E-state index contributed by atoms with van der Waals surface area (Å²) in [4.78, 5) is 15.4. The summed E-state index contributed by atoms with van der Waals surface area (Å²) in [6.07, 6.45) is 3.68. The minimum Gasteiger partial charge on any atom is -0.361 e. The van der Waals surface area contributed by atoms with E-state index in [2.05, 4.69) is 4.98 Å². The quantitative estimate of drug-likeness (QED) is 0.528. The van der Waals surface area contributed by atoms with Crippen molar-refractivity contribution < 1.29 is 10.0 Å². The molecule has 0 saturated heterocycles. The van der Waals surface area contributed by atoms with Crippen LogP contribution in [-0.2, 0) is 4.79 Å². The SMILES string of the molecule is O=C1C(=Cc2c[nH]c3ccccc23)c2ccccc2N1O. The van der Waals surface area contributed by atoms with Crippen LogP contribution in [0.3, 0.4) is 0 Å². The first-order valence-corrected chi connectivity index (χ1v) is 6.66. The van der Waals surface area contributed by atoms with Gasteiger partial charge in [0.05, 0.1) is 11.3 Å². The maximum Gasteiger partial charge on any atom is 0.282 e. The highest BCUT2D eigenvalue weighted by Crippen LogP contribution is 2.37. The number of hydroxylamine groups is 1. The lowest BCUT2D eigenvalue weighted by molar-refractivity contribution is -0.117. The van der Waals surface area contributed by atoms with Gasteiger partial charge in [0.1, 0.15) is 0 Å². The van der Waals surface area contributed by atoms with Gasteiger partial charge in [0.25, 0.3) is 5.91 Å². The van der Waals surface area contributed by atoms with E-state index in [4.69, 9.17) is 0 Å². The summed E-state index contributed by atoms with van der Waals surface area (Å²) in [7, 11) is 0. The van der Waals surface area contributed by atoms with Gasteiger partial charge in [-0.1, -0.05) is 36.4 Å². The Labute approximate surface area is 120 Å². The maximum absolute atomic E-state index is 12.2. The molecular formula is C17H12N2O2. The number of aromatic nitrogens is 1. The van der Waals surface area contributed by atoms with Gasteiger partial charge < -0.3 is 4.98 Å². The van der Waals surface area contributed by atoms with E-state index < -0.39 is 5.91 Å². The molecule has 0 radical (unpaired) electrons. The molecule has 102 valence electrons. The molecule has 0 spiro atoms. The van der Waals surface area contributed by atoms with Crippen molar-refractivity contribution in [1.82, 2.24) is 4.98 Å². The molecule has 1 aliphatic rings. The van der Waals surface area contributed by atoms with Gasteiger partial charge in [-0.05, 0) is 18.2 Å². The largest absolute Gasteiger partial charge is 0.361 e.